The average Bonchev–Trinajstić information content (AvgIpc) is 2.96. The fraction of sp³-hybridized carbons (Fsp3) is 0.333. The van der Waals surface area contributed by atoms with Crippen molar-refractivity contribution >= 4 is 35.0 Å². The molecule has 0 radical (unpaired) electrons. The van der Waals surface area contributed by atoms with E-state index in [2.05, 4.69) is 10.1 Å². The van der Waals surface area contributed by atoms with E-state index in [0.29, 0.717) is 16.5 Å². The van der Waals surface area contributed by atoms with Gasteiger partial charge in [-0.25, -0.2) is 9.67 Å². The molecule has 1 aromatic carbocycles. The second-order valence-electron chi connectivity index (χ2n) is 5.25. The summed E-state index contributed by atoms with van der Waals surface area (Å²) >= 11 is 12.5. The maximum atomic E-state index is 6.23. The van der Waals surface area contributed by atoms with Crippen LogP contribution >= 0.6 is 23.2 Å². The molecule has 0 fully saturated rings. The Kier molecular flexibility index (Phi) is 5.04. The molecule has 6 heteroatoms. The lowest BCUT2D eigenvalue weighted by molar-refractivity contribution is 0.0265. The minimum absolute atomic E-state index is 0.342. The van der Waals surface area contributed by atoms with Crippen LogP contribution in [0.15, 0.2) is 30.9 Å². The molecule has 0 amide bonds. The van der Waals surface area contributed by atoms with Crippen LogP contribution in [-0.4, -0.2) is 27.5 Å². The average molecular weight is 326 g/mol. The number of methoxy groups -OCH3 is 1. The Morgan fingerprint density at radius 1 is 1.33 bits per heavy atom. The largest absolute Gasteiger partial charge is 0.378 e. The quantitative estimate of drug-likeness (QED) is 0.818. The first-order chi connectivity index (χ1) is 9.93. The first-order valence-corrected chi connectivity index (χ1v) is 7.23. The van der Waals surface area contributed by atoms with Gasteiger partial charge in [-0.1, -0.05) is 29.3 Å². The van der Waals surface area contributed by atoms with Gasteiger partial charge in [-0.2, -0.15) is 5.10 Å². The number of hydrogen-bond donors (Lipinski definition) is 0. The fourth-order valence-corrected chi connectivity index (χ4v) is 2.38. The van der Waals surface area contributed by atoms with Crippen LogP contribution in [-0.2, 0) is 4.74 Å². The second-order valence-corrected chi connectivity index (χ2v) is 6.07. The van der Waals surface area contributed by atoms with Crippen LogP contribution in [0.5, 0.6) is 0 Å². The van der Waals surface area contributed by atoms with Gasteiger partial charge in [0.2, 0.25) is 0 Å². The first kappa shape index (κ1) is 16.0. The van der Waals surface area contributed by atoms with Gasteiger partial charge in [-0.15, -0.1) is 0 Å². The molecule has 1 aromatic heterocycles. The van der Waals surface area contributed by atoms with Crippen molar-refractivity contribution in [3.05, 3.63) is 46.5 Å². The van der Waals surface area contributed by atoms with Gasteiger partial charge in [-0.3, -0.25) is 0 Å². The van der Waals surface area contributed by atoms with E-state index in [-0.39, 0.29) is 5.60 Å². The van der Waals surface area contributed by atoms with Gasteiger partial charge in [0.15, 0.2) is 0 Å². The van der Waals surface area contributed by atoms with Crippen molar-refractivity contribution in [3.8, 4) is 0 Å². The molecular formula is C15H17Cl2N3O. The number of benzene rings is 1. The molecular weight excluding hydrogens is 309 g/mol. The van der Waals surface area contributed by atoms with Crippen LogP contribution in [0.2, 0.25) is 10.0 Å². The van der Waals surface area contributed by atoms with E-state index in [1.54, 1.807) is 30.3 Å². The highest BCUT2D eigenvalue weighted by Crippen LogP contribution is 2.30. The Labute approximate surface area is 134 Å². The Morgan fingerprint density at radius 3 is 2.52 bits per heavy atom. The van der Waals surface area contributed by atoms with Crippen molar-refractivity contribution in [1.82, 2.24) is 14.8 Å². The molecule has 0 unspecified atom stereocenters. The summed E-state index contributed by atoms with van der Waals surface area (Å²) in [5.41, 5.74) is 1.32. The molecule has 4 nitrogen and oxygen atoms in total. The van der Waals surface area contributed by atoms with Gasteiger partial charge in [0.25, 0.3) is 0 Å². The maximum Gasteiger partial charge on any atom is 0.138 e. The molecule has 2 aromatic rings. The Balaban J connectivity index is 2.47. The Morgan fingerprint density at radius 2 is 2.00 bits per heavy atom. The number of nitrogens with zero attached hydrogens (tertiary/aromatic N) is 3. The van der Waals surface area contributed by atoms with Crippen molar-refractivity contribution in [3.63, 3.8) is 0 Å². The molecule has 0 N–H and O–H groups in total. The second kappa shape index (κ2) is 6.60. The molecule has 0 aliphatic rings. The molecule has 112 valence electrons. The minimum Gasteiger partial charge on any atom is -0.378 e. The van der Waals surface area contributed by atoms with E-state index in [0.717, 1.165) is 11.3 Å². The van der Waals surface area contributed by atoms with Crippen LogP contribution < -0.4 is 0 Å². The number of aromatic nitrogens is 3. The van der Waals surface area contributed by atoms with Gasteiger partial charge in [0, 0.05) is 34.8 Å². The molecule has 0 saturated heterocycles. The molecule has 0 aliphatic heterocycles. The lowest BCUT2D eigenvalue weighted by atomic mass is 10.0. The molecule has 2 rings (SSSR count). The van der Waals surface area contributed by atoms with Gasteiger partial charge in [0.05, 0.1) is 5.60 Å². The van der Waals surface area contributed by atoms with Crippen LogP contribution in [0.4, 0.5) is 0 Å². The van der Waals surface area contributed by atoms with Crippen molar-refractivity contribution < 1.29 is 4.74 Å². The molecule has 0 atom stereocenters. The molecule has 0 bridgehead atoms. The zero-order valence-corrected chi connectivity index (χ0v) is 13.7. The molecule has 1 heterocycles. The van der Waals surface area contributed by atoms with Crippen molar-refractivity contribution in [2.45, 2.75) is 25.9 Å². The molecule has 0 aliphatic carbocycles. The summed E-state index contributed by atoms with van der Waals surface area (Å²) in [6.07, 6.45) is 5.68. The Bertz CT molecular complexity index is 616. The summed E-state index contributed by atoms with van der Waals surface area (Å²) in [5.74, 6) is 0. The number of hydrogen-bond acceptors (Lipinski definition) is 3. The normalized spacial score (nSPS) is 12.7. The third kappa shape index (κ3) is 4.06. The van der Waals surface area contributed by atoms with E-state index in [1.165, 1.54) is 6.33 Å². The SMILES string of the molecule is COC(C)(C)CC(=Cc1c(Cl)cccc1Cl)n1cncn1. The number of rotatable bonds is 5. The van der Waals surface area contributed by atoms with Crippen molar-refractivity contribution in [2.24, 2.45) is 0 Å². The van der Waals surface area contributed by atoms with E-state index in [9.17, 15) is 0 Å². The summed E-state index contributed by atoms with van der Waals surface area (Å²) in [6.45, 7) is 4.01. The summed E-state index contributed by atoms with van der Waals surface area (Å²) in [7, 11) is 1.68. The number of halogens is 2. The van der Waals surface area contributed by atoms with Gasteiger partial charge in [-0.05, 0) is 32.1 Å². The molecule has 0 saturated carbocycles. The lowest BCUT2D eigenvalue weighted by Gasteiger charge is -2.24. The van der Waals surface area contributed by atoms with E-state index in [4.69, 9.17) is 27.9 Å². The summed E-state index contributed by atoms with van der Waals surface area (Å²) in [5, 5.41) is 5.37. The standard InChI is InChI=1S/C15H17Cl2N3O/c1-15(2,21-3)8-11(20-10-18-9-19-20)7-12-13(16)5-4-6-14(12)17/h4-7,9-10H,8H2,1-3H3. The topological polar surface area (TPSA) is 39.9 Å². The van der Waals surface area contributed by atoms with Crippen molar-refractivity contribution in [2.75, 3.05) is 7.11 Å². The van der Waals surface area contributed by atoms with Crippen LogP contribution in [0.3, 0.4) is 0 Å². The summed E-state index contributed by atoms with van der Waals surface area (Å²) in [4.78, 5) is 3.99. The monoisotopic (exact) mass is 325 g/mol. The highest BCUT2D eigenvalue weighted by molar-refractivity contribution is 6.37. The van der Waals surface area contributed by atoms with Gasteiger partial charge < -0.3 is 4.74 Å². The highest BCUT2D eigenvalue weighted by Gasteiger charge is 2.20. The summed E-state index contributed by atoms with van der Waals surface area (Å²) < 4.78 is 7.19. The van der Waals surface area contributed by atoms with Crippen LogP contribution in [0.25, 0.3) is 11.8 Å². The Hall–Kier alpha value is -1.36. The smallest absolute Gasteiger partial charge is 0.138 e. The zero-order valence-electron chi connectivity index (χ0n) is 12.2. The molecule has 21 heavy (non-hydrogen) atoms. The first-order valence-electron chi connectivity index (χ1n) is 6.48. The number of ether oxygens (including phenoxy) is 1. The fourth-order valence-electron chi connectivity index (χ4n) is 1.88. The van der Waals surface area contributed by atoms with E-state index < -0.39 is 0 Å². The van der Waals surface area contributed by atoms with E-state index in [1.807, 2.05) is 26.0 Å². The highest BCUT2D eigenvalue weighted by atomic mass is 35.5. The maximum absolute atomic E-state index is 6.23. The zero-order chi connectivity index (χ0) is 15.5. The predicted octanol–water partition coefficient (Wildman–Crippen LogP) is 4.40. The summed E-state index contributed by atoms with van der Waals surface area (Å²) in [6, 6.07) is 5.43. The third-order valence-electron chi connectivity index (χ3n) is 3.18. The third-order valence-corrected chi connectivity index (χ3v) is 3.84. The van der Waals surface area contributed by atoms with Crippen LogP contribution in [0.1, 0.15) is 25.8 Å². The lowest BCUT2D eigenvalue weighted by Crippen LogP contribution is -2.24. The minimum atomic E-state index is -0.342. The van der Waals surface area contributed by atoms with E-state index >= 15 is 0 Å². The van der Waals surface area contributed by atoms with Crippen LogP contribution in [0, 0.1) is 0 Å². The molecule has 0 spiro atoms. The van der Waals surface area contributed by atoms with Gasteiger partial charge in [0.1, 0.15) is 12.7 Å². The van der Waals surface area contributed by atoms with Gasteiger partial charge >= 0.3 is 0 Å². The van der Waals surface area contributed by atoms with Crippen molar-refractivity contribution in [1.29, 1.82) is 0 Å². The predicted molar refractivity (Wildman–Crippen MR) is 86.4 cm³/mol.